The molecule has 0 saturated heterocycles. The molecule has 1 N–H and O–H groups in total. The van der Waals surface area contributed by atoms with Crippen molar-refractivity contribution in [2.24, 2.45) is 0 Å². The molecule has 0 aliphatic heterocycles. The minimum Gasteiger partial charge on any atom is -0.314 e. The van der Waals surface area contributed by atoms with Crippen molar-refractivity contribution >= 4 is 11.3 Å². The van der Waals surface area contributed by atoms with E-state index in [0.29, 0.717) is 6.04 Å². The minimum absolute atomic E-state index is 0.157. The first kappa shape index (κ1) is 17.6. The lowest BCUT2D eigenvalue weighted by Gasteiger charge is -2.20. The van der Waals surface area contributed by atoms with Gasteiger partial charge in [0.25, 0.3) is 0 Å². The van der Waals surface area contributed by atoms with Gasteiger partial charge in [0.2, 0.25) is 0 Å². The summed E-state index contributed by atoms with van der Waals surface area (Å²) in [6.07, 6.45) is 3.41. The van der Waals surface area contributed by atoms with Crippen molar-refractivity contribution in [2.45, 2.75) is 58.4 Å². The molecule has 0 spiro atoms. The number of hydrogen-bond donors (Lipinski definition) is 1. The summed E-state index contributed by atoms with van der Waals surface area (Å²) in [4.78, 5) is 7.07. The number of nitrogens with zero attached hydrogens (tertiary/aromatic N) is 2. The molecule has 20 heavy (non-hydrogen) atoms. The molecule has 0 aliphatic rings. The lowest BCUT2D eigenvalue weighted by atomic mass is 9.93. The third kappa shape index (κ3) is 6.33. The molecular formula is C16H31N3S. The van der Waals surface area contributed by atoms with E-state index in [1.807, 2.05) is 11.3 Å². The number of rotatable bonds is 8. The van der Waals surface area contributed by atoms with E-state index in [-0.39, 0.29) is 5.41 Å². The molecule has 1 aromatic rings. The Hall–Kier alpha value is -0.450. The van der Waals surface area contributed by atoms with Gasteiger partial charge in [-0.2, -0.15) is 0 Å². The summed E-state index contributed by atoms with van der Waals surface area (Å²) < 4.78 is 0. The van der Waals surface area contributed by atoms with Gasteiger partial charge in [-0.25, -0.2) is 4.98 Å². The molecule has 1 atom stereocenters. The van der Waals surface area contributed by atoms with Crippen LogP contribution in [0.25, 0.3) is 0 Å². The molecule has 0 aliphatic carbocycles. The molecule has 0 radical (unpaired) electrons. The van der Waals surface area contributed by atoms with Crippen molar-refractivity contribution in [1.82, 2.24) is 15.2 Å². The quantitative estimate of drug-likeness (QED) is 0.798. The zero-order valence-electron chi connectivity index (χ0n) is 14.0. The Labute approximate surface area is 128 Å². The average molecular weight is 298 g/mol. The summed E-state index contributed by atoms with van der Waals surface area (Å²) in [6, 6.07) is 0.538. The minimum atomic E-state index is 0.157. The van der Waals surface area contributed by atoms with Gasteiger partial charge in [-0.1, -0.05) is 27.7 Å². The third-order valence-corrected chi connectivity index (χ3v) is 4.22. The highest BCUT2D eigenvalue weighted by Gasteiger charge is 2.19. The average Bonchev–Trinajstić information content (AvgIpc) is 2.80. The predicted octanol–water partition coefficient (Wildman–Crippen LogP) is 3.30. The fourth-order valence-corrected chi connectivity index (χ4v) is 3.10. The van der Waals surface area contributed by atoms with E-state index in [0.717, 1.165) is 19.5 Å². The lowest BCUT2D eigenvalue weighted by molar-refractivity contribution is 0.356. The first-order valence-electron chi connectivity index (χ1n) is 7.66. The Morgan fingerprint density at radius 3 is 2.55 bits per heavy atom. The van der Waals surface area contributed by atoms with Crippen LogP contribution in [0.4, 0.5) is 0 Å². The summed E-state index contributed by atoms with van der Waals surface area (Å²) in [5.41, 5.74) is 1.38. The fourth-order valence-electron chi connectivity index (χ4n) is 2.00. The Kier molecular flexibility index (Phi) is 7.13. The van der Waals surface area contributed by atoms with Crippen LogP contribution >= 0.6 is 11.3 Å². The Bertz CT molecular complexity index is 379. The van der Waals surface area contributed by atoms with Crippen LogP contribution < -0.4 is 5.32 Å². The van der Waals surface area contributed by atoms with Gasteiger partial charge >= 0.3 is 0 Å². The third-order valence-electron chi connectivity index (χ3n) is 3.35. The monoisotopic (exact) mass is 297 g/mol. The molecule has 1 rings (SSSR count). The molecule has 0 bridgehead atoms. The van der Waals surface area contributed by atoms with Crippen molar-refractivity contribution in [2.75, 3.05) is 27.2 Å². The van der Waals surface area contributed by atoms with Crippen molar-refractivity contribution in [3.05, 3.63) is 16.1 Å². The maximum absolute atomic E-state index is 4.82. The van der Waals surface area contributed by atoms with Crippen LogP contribution in [0.1, 0.15) is 51.2 Å². The molecule has 0 fully saturated rings. The normalized spacial score (nSPS) is 13.9. The summed E-state index contributed by atoms with van der Waals surface area (Å²) in [5.74, 6) is 0. The maximum Gasteiger partial charge on any atom is 0.0944 e. The smallest absolute Gasteiger partial charge is 0.0944 e. The summed E-state index contributed by atoms with van der Waals surface area (Å²) in [6.45, 7) is 11.1. The molecule has 3 nitrogen and oxygen atoms in total. The highest BCUT2D eigenvalue weighted by molar-refractivity contribution is 7.09. The SMILES string of the molecule is CCCNC(CCN(C)C)Cc1nc(C(C)(C)C)cs1. The van der Waals surface area contributed by atoms with Crippen LogP contribution in [0.3, 0.4) is 0 Å². The van der Waals surface area contributed by atoms with Gasteiger partial charge < -0.3 is 10.2 Å². The number of aromatic nitrogens is 1. The first-order valence-corrected chi connectivity index (χ1v) is 8.54. The van der Waals surface area contributed by atoms with Crippen LogP contribution in [0.5, 0.6) is 0 Å². The number of nitrogens with one attached hydrogen (secondary N) is 1. The van der Waals surface area contributed by atoms with E-state index in [1.165, 1.54) is 23.5 Å². The van der Waals surface area contributed by atoms with Crippen LogP contribution in [-0.4, -0.2) is 43.1 Å². The van der Waals surface area contributed by atoms with E-state index in [9.17, 15) is 0 Å². The Balaban J connectivity index is 2.61. The summed E-state index contributed by atoms with van der Waals surface area (Å²) >= 11 is 1.81. The van der Waals surface area contributed by atoms with Crippen LogP contribution in [0.2, 0.25) is 0 Å². The van der Waals surface area contributed by atoms with Crippen molar-refractivity contribution < 1.29 is 0 Å². The van der Waals surface area contributed by atoms with Gasteiger partial charge in [-0.15, -0.1) is 11.3 Å². The molecule has 1 unspecified atom stereocenters. The van der Waals surface area contributed by atoms with Crippen molar-refractivity contribution in [3.63, 3.8) is 0 Å². The maximum atomic E-state index is 4.82. The van der Waals surface area contributed by atoms with Gasteiger partial charge in [-0.3, -0.25) is 0 Å². The van der Waals surface area contributed by atoms with Crippen LogP contribution in [0.15, 0.2) is 5.38 Å². The highest BCUT2D eigenvalue weighted by atomic mass is 32.1. The molecular weight excluding hydrogens is 266 g/mol. The van der Waals surface area contributed by atoms with E-state index < -0.39 is 0 Å². The molecule has 4 heteroatoms. The van der Waals surface area contributed by atoms with E-state index in [4.69, 9.17) is 4.98 Å². The summed E-state index contributed by atoms with van der Waals surface area (Å²) in [5, 5.41) is 7.15. The molecule has 0 amide bonds. The fraction of sp³-hybridized carbons (Fsp3) is 0.812. The Morgan fingerprint density at radius 1 is 1.35 bits per heavy atom. The van der Waals surface area contributed by atoms with Gasteiger partial charge in [0, 0.05) is 23.3 Å². The standard InChI is InChI=1S/C16H31N3S/c1-7-9-17-13(8-10-19(5)6)11-15-18-14(12-20-15)16(2,3)4/h12-13,17H,7-11H2,1-6H3. The van der Waals surface area contributed by atoms with Crippen molar-refractivity contribution in [1.29, 1.82) is 0 Å². The lowest BCUT2D eigenvalue weighted by Crippen LogP contribution is -2.34. The van der Waals surface area contributed by atoms with Gasteiger partial charge in [0.15, 0.2) is 0 Å². The molecule has 116 valence electrons. The van der Waals surface area contributed by atoms with Crippen molar-refractivity contribution in [3.8, 4) is 0 Å². The number of thiazole rings is 1. The van der Waals surface area contributed by atoms with Crippen LogP contribution in [0, 0.1) is 0 Å². The summed E-state index contributed by atoms with van der Waals surface area (Å²) in [7, 11) is 4.27. The topological polar surface area (TPSA) is 28.2 Å². The largest absolute Gasteiger partial charge is 0.314 e. The van der Waals surface area contributed by atoms with Gasteiger partial charge in [0.1, 0.15) is 0 Å². The molecule has 0 aromatic carbocycles. The zero-order valence-corrected chi connectivity index (χ0v) is 14.8. The van der Waals surface area contributed by atoms with Crippen LogP contribution in [-0.2, 0) is 11.8 Å². The van der Waals surface area contributed by atoms with Gasteiger partial charge in [-0.05, 0) is 40.0 Å². The van der Waals surface area contributed by atoms with E-state index in [2.05, 4.69) is 57.4 Å². The second-order valence-corrected chi connectivity index (χ2v) is 7.77. The van der Waals surface area contributed by atoms with E-state index in [1.54, 1.807) is 0 Å². The second-order valence-electron chi connectivity index (χ2n) is 6.82. The second kappa shape index (κ2) is 8.11. The first-order chi connectivity index (χ1) is 9.32. The highest BCUT2D eigenvalue weighted by Crippen LogP contribution is 2.24. The molecule has 1 heterocycles. The number of hydrogen-bond acceptors (Lipinski definition) is 4. The zero-order chi connectivity index (χ0) is 15.2. The predicted molar refractivity (Wildman–Crippen MR) is 89.8 cm³/mol. The molecule has 0 saturated carbocycles. The molecule has 1 aromatic heterocycles. The van der Waals surface area contributed by atoms with E-state index >= 15 is 0 Å². The van der Waals surface area contributed by atoms with Gasteiger partial charge in [0.05, 0.1) is 10.7 Å². The Morgan fingerprint density at radius 2 is 2.05 bits per heavy atom.